The molecule has 2 aromatic carbocycles. The van der Waals surface area contributed by atoms with Crippen LogP contribution in [0.5, 0.6) is 0 Å². The molecule has 0 amide bonds. The average molecular weight is 130 g/mol. The van der Waals surface area contributed by atoms with E-state index in [2.05, 4.69) is 0 Å². The van der Waals surface area contributed by atoms with Gasteiger partial charge in [0.25, 0.3) is 0 Å². The van der Waals surface area contributed by atoms with Gasteiger partial charge in [0, 0.05) is 0 Å². The molecule has 0 radical (unpaired) electrons. The van der Waals surface area contributed by atoms with Crippen LogP contribution < -0.4 is 0 Å². The van der Waals surface area contributed by atoms with E-state index in [1.54, 1.807) is 18.2 Å². The zero-order valence-electron chi connectivity index (χ0n) is 7.46. The van der Waals surface area contributed by atoms with Crippen molar-refractivity contribution in [3.05, 3.63) is 48.5 Å². The second-order valence-corrected chi connectivity index (χ2v) is 2.18. The first-order chi connectivity index (χ1) is 5.77. The van der Waals surface area contributed by atoms with Crippen molar-refractivity contribution in [2.24, 2.45) is 0 Å². The van der Waals surface area contributed by atoms with Gasteiger partial charge in [0.2, 0.25) is 0 Å². The van der Waals surface area contributed by atoms with Crippen LogP contribution in [0.25, 0.3) is 10.8 Å². The highest BCUT2D eigenvalue weighted by atomic mass is 13.9. The van der Waals surface area contributed by atoms with E-state index in [4.69, 9.17) is 2.74 Å². The second kappa shape index (κ2) is 2.14. The van der Waals surface area contributed by atoms with Crippen LogP contribution in [-0.4, -0.2) is 0 Å². The molecule has 0 nitrogen and oxygen atoms in total. The maximum atomic E-state index is 7.58. The molecule has 0 aliphatic heterocycles. The van der Waals surface area contributed by atoms with E-state index in [-0.39, 0.29) is 0 Å². The molecule has 0 N–H and O–H groups in total. The fourth-order valence-corrected chi connectivity index (χ4v) is 1.00. The van der Waals surface area contributed by atoms with Gasteiger partial charge in [-0.15, -0.1) is 0 Å². The van der Waals surface area contributed by atoms with Gasteiger partial charge in [0.1, 0.15) is 0 Å². The van der Waals surface area contributed by atoms with Crippen LogP contribution in [0.2, 0.25) is 0 Å². The van der Waals surface area contributed by atoms with E-state index in [0.717, 1.165) is 10.8 Å². The highest BCUT2D eigenvalue weighted by Gasteiger charge is 1.85. The van der Waals surface area contributed by atoms with Crippen molar-refractivity contribution in [2.45, 2.75) is 0 Å². The topological polar surface area (TPSA) is 0 Å². The minimum absolute atomic E-state index is 0.460. The van der Waals surface area contributed by atoms with Gasteiger partial charge >= 0.3 is 0 Å². The Morgan fingerprint density at radius 3 is 2.80 bits per heavy atom. The van der Waals surface area contributed by atoms with Gasteiger partial charge in [-0.2, -0.15) is 0 Å². The van der Waals surface area contributed by atoms with Crippen LogP contribution in [0.15, 0.2) is 48.5 Å². The van der Waals surface area contributed by atoms with Crippen LogP contribution >= 0.6 is 0 Å². The molecular formula is C10H8. The summed E-state index contributed by atoms with van der Waals surface area (Å²) in [4.78, 5) is 0. The molecule has 0 unspecified atom stereocenters. The maximum absolute atomic E-state index is 7.58. The molecule has 0 aliphatic carbocycles. The van der Waals surface area contributed by atoms with Crippen molar-refractivity contribution in [3.8, 4) is 0 Å². The van der Waals surface area contributed by atoms with E-state index in [0.29, 0.717) is 12.1 Å². The first-order valence-corrected chi connectivity index (χ1v) is 3.23. The fourth-order valence-electron chi connectivity index (χ4n) is 1.00. The third-order valence-electron chi connectivity index (χ3n) is 1.51. The van der Waals surface area contributed by atoms with Crippen LogP contribution in [0, 0.1) is 0 Å². The highest BCUT2D eigenvalue weighted by molar-refractivity contribution is 5.81. The standard InChI is InChI=1S/C10H8/c1-2-6-10-8-4-3-7-9(10)5-1/h1-8H/i1D,7D. The van der Waals surface area contributed by atoms with E-state index in [9.17, 15) is 0 Å². The minimum atomic E-state index is 0.460. The van der Waals surface area contributed by atoms with Crippen molar-refractivity contribution in [2.75, 3.05) is 0 Å². The van der Waals surface area contributed by atoms with E-state index < -0.39 is 0 Å². The Morgan fingerprint density at radius 1 is 0.900 bits per heavy atom. The lowest BCUT2D eigenvalue weighted by Crippen LogP contribution is -1.67. The van der Waals surface area contributed by atoms with Crippen LogP contribution in [0.1, 0.15) is 2.74 Å². The summed E-state index contributed by atoms with van der Waals surface area (Å²) in [6.45, 7) is 0. The first kappa shape index (κ1) is 3.77. The van der Waals surface area contributed by atoms with Gasteiger partial charge in [-0.05, 0) is 10.8 Å². The Balaban J connectivity index is 2.88. The molecule has 0 fully saturated rings. The Bertz CT molecular complexity index is 421. The van der Waals surface area contributed by atoms with Crippen molar-refractivity contribution in [1.82, 2.24) is 0 Å². The van der Waals surface area contributed by atoms with Gasteiger partial charge in [-0.1, -0.05) is 48.5 Å². The molecule has 10 heavy (non-hydrogen) atoms. The maximum Gasteiger partial charge on any atom is 0.0629 e. The fraction of sp³-hybridized carbons (Fsp3) is 0. The van der Waals surface area contributed by atoms with Crippen LogP contribution in [-0.2, 0) is 0 Å². The van der Waals surface area contributed by atoms with Crippen molar-refractivity contribution in [3.63, 3.8) is 0 Å². The van der Waals surface area contributed by atoms with Gasteiger partial charge in [-0.25, -0.2) is 0 Å². The highest BCUT2D eigenvalue weighted by Crippen LogP contribution is 2.11. The number of rotatable bonds is 0. The van der Waals surface area contributed by atoms with E-state index in [1.807, 2.05) is 18.2 Å². The summed E-state index contributed by atoms with van der Waals surface area (Å²) in [6.07, 6.45) is 0. The normalized spacial score (nSPS) is 12.8. The number of hydrogen-bond donors (Lipinski definition) is 0. The van der Waals surface area contributed by atoms with Gasteiger partial charge in [0.05, 0.1) is 2.74 Å². The monoisotopic (exact) mass is 130 g/mol. The summed E-state index contributed by atoms with van der Waals surface area (Å²) in [5.41, 5.74) is 0. The molecule has 0 saturated heterocycles. The van der Waals surface area contributed by atoms with Gasteiger partial charge in [0.15, 0.2) is 0 Å². The Labute approximate surface area is 62.9 Å². The smallest absolute Gasteiger partial charge is 0.0616 e. The van der Waals surface area contributed by atoms with E-state index >= 15 is 0 Å². The SMILES string of the molecule is [2H]c1ccc2cccc([2H])c2c1. The zero-order chi connectivity index (χ0) is 8.55. The van der Waals surface area contributed by atoms with Crippen molar-refractivity contribution >= 4 is 10.8 Å². The zero-order valence-corrected chi connectivity index (χ0v) is 5.46. The Morgan fingerprint density at radius 2 is 1.80 bits per heavy atom. The van der Waals surface area contributed by atoms with Crippen molar-refractivity contribution < 1.29 is 2.74 Å². The average Bonchev–Trinajstić information content (AvgIpc) is 2.07. The van der Waals surface area contributed by atoms with Crippen LogP contribution in [0.4, 0.5) is 0 Å². The Kier molecular flexibility index (Phi) is 0.808. The molecule has 0 heteroatoms. The molecule has 48 valence electrons. The molecule has 0 heterocycles. The molecule has 0 spiro atoms. The lowest BCUT2D eigenvalue weighted by Gasteiger charge is -1.92. The first-order valence-electron chi connectivity index (χ1n) is 4.23. The summed E-state index contributed by atoms with van der Waals surface area (Å²) in [5, 5.41) is 1.88. The summed E-state index contributed by atoms with van der Waals surface area (Å²) >= 11 is 0. The lowest BCUT2D eigenvalue weighted by atomic mass is 10.1. The molecule has 0 atom stereocenters. The number of fused-ring (bicyclic) bond motifs is 1. The molecule has 0 bridgehead atoms. The third-order valence-corrected chi connectivity index (χ3v) is 1.51. The number of benzene rings is 2. The lowest BCUT2D eigenvalue weighted by molar-refractivity contribution is 1.75. The summed E-state index contributed by atoms with van der Waals surface area (Å²) in [5.74, 6) is 0. The molecule has 0 aliphatic rings. The molecular weight excluding hydrogens is 120 g/mol. The molecule has 2 aromatic rings. The predicted molar refractivity (Wildman–Crippen MR) is 43.9 cm³/mol. The largest absolute Gasteiger partial charge is 0.0629 e. The van der Waals surface area contributed by atoms with Crippen molar-refractivity contribution in [1.29, 1.82) is 0 Å². The summed E-state index contributed by atoms with van der Waals surface area (Å²) in [6, 6.07) is 11.8. The Hall–Kier alpha value is -1.30. The number of hydrogen-bond acceptors (Lipinski definition) is 0. The molecule has 0 saturated carbocycles. The van der Waals surface area contributed by atoms with E-state index in [1.165, 1.54) is 0 Å². The van der Waals surface area contributed by atoms with Crippen LogP contribution in [0.3, 0.4) is 0 Å². The van der Waals surface area contributed by atoms with Gasteiger partial charge in [-0.3, -0.25) is 0 Å². The molecule has 0 aromatic heterocycles. The predicted octanol–water partition coefficient (Wildman–Crippen LogP) is 2.84. The molecule has 2 rings (SSSR count). The third kappa shape index (κ3) is 0.781. The quantitative estimate of drug-likeness (QED) is 0.514. The summed E-state index contributed by atoms with van der Waals surface area (Å²) < 4.78 is 15.0. The minimum Gasteiger partial charge on any atom is -0.0616 e. The second-order valence-electron chi connectivity index (χ2n) is 2.18. The summed E-state index contributed by atoms with van der Waals surface area (Å²) in [7, 11) is 0. The van der Waals surface area contributed by atoms with Gasteiger partial charge < -0.3 is 0 Å².